The minimum atomic E-state index is -0.520. The molecule has 0 aromatic carbocycles. The SMILES string of the molecule is Cc1cnc2ccc(=O)n(CCC34CCC(NC(=O)OC(C)(C)C)(CC3)CO4)c2c1. The molecule has 2 aliphatic heterocycles. The molecule has 3 fully saturated rings. The third-order valence-electron chi connectivity index (χ3n) is 6.30. The van der Waals surface area contributed by atoms with Crippen LogP contribution in [0.5, 0.6) is 0 Å². The Morgan fingerprint density at radius 1 is 1.27 bits per heavy atom. The van der Waals surface area contributed by atoms with Crippen LogP contribution < -0.4 is 10.9 Å². The second kappa shape index (κ2) is 7.38. The molecule has 2 bridgehead atoms. The van der Waals surface area contributed by atoms with E-state index < -0.39 is 5.60 Å². The van der Waals surface area contributed by atoms with Gasteiger partial charge in [-0.2, -0.15) is 0 Å². The van der Waals surface area contributed by atoms with Crippen molar-refractivity contribution in [2.24, 2.45) is 0 Å². The van der Waals surface area contributed by atoms with Gasteiger partial charge in [0.2, 0.25) is 0 Å². The van der Waals surface area contributed by atoms with Gasteiger partial charge >= 0.3 is 6.09 Å². The Kier molecular flexibility index (Phi) is 5.12. The van der Waals surface area contributed by atoms with Gasteiger partial charge in [0, 0.05) is 18.8 Å². The van der Waals surface area contributed by atoms with Crippen LogP contribution >= 0.6 is 0 Å². The molecular weight excluding hydrogens is 382 g/mol. The molecule has 0 radical (unpaired) electrons. The van der Waals surface area contributed by atoms with Crippen LogP contribution in [0.4, 0.5) is 4.79 Å². The summed E-state index contributed by atoms with van der Waals surface area (Å²) in [6.07, 6.45) is 5.64. The van der Waals surface area contributed by atoms with Gasteiger partial charge in [-0.1, -0.05) is 0 Å². The summed E-state index contributed by atoms with van der Waals surface area (Å²) >= 11 is 0. The maximum Gasteiger partial charge on any atom is 0.408 e. The molecule has 7 nitrogen and oxygen atoms in total. The molecule has 0 spiro atoms. The third-order valence-corrected chi connectivity index (χ3v) is 6.30. The Labute approximate surface area is 176 Å². The number of carbonyl (C=O) groups is 1. The number of rotatable bonds is 4. The Balaban J connectivity index is 1.44. The smallest absolute Gasteiger partial charge is 0.408 e. The van der Waals surface area contributed by atoms with E-state index in [-0.39, 0.29) is 22.8 Å². The predicted molar refractivity (Wildman–Crippen MR) is 115 cm³/mol. The van der Waals surface area contributed by atoms with Crippen molar-refractivity contribution in [3.05, 3.63) is 40.3 Å². The van der Waals surface area contributed by atoms with Gasteiger partial charge in [-0.3, -0.25) is 9.78 Å². The van der Waals surface area contributed by atoms with Crippen LogP contribution in [0.3, 0.4) is 0 Å². The van der Waals surface area contributed by atoms with Crippen LogP contribution in [0.1, 0.15) is 58.4 Å². The van der Waals surface area contributed by atoms with Crippen molar-refractivity contribution in [3.8, 4) is 0 Å². The molecular formula is C23H31N3O4. The molecule has 1 aliphatic carbocycles. The summed E-state index contributed by atoms with van der Waals surface area (Å²) in [7, 11) is 0. The number of hydrogen-bond donors (Lipinski definition) is 1. The fourth-order valence-corrected chi connectivity index (χ4v) is 4.58. The van der Waals surface area contributed by atoms with Gasteiger partial charge in [0.05, 0.1) is 28.8 Å². The molecule has 2 aromatic heterocycles. The lowest BCUT2D eigenvalue weighted by atomic mass is 9.70. The van der Waals surface area contributed by atoms with E-state index in [1.165, 1.54) is 0 Å². The zero-order valence-corrected chi connectivity index (χ0v) is 18.3. The van der Waals surface area contributed by atoms with Crippen molar-refractivity contribution in [1.29, 1.82) is 0 Å². The van der Waals surface area contributed by atoms with Gasteiger partial charge in [-0.25, -0.2) is 4.79 Å². The van der Waals surface area contributed by atoms with Gasteiger partial charge in [0.25, 0.3) is 5.56 Å². The number of carbonyl (C=O) groups excluding carboxylic acids is 1. The maximum atomic E-state index is 12.5. The second-order valence-corrected chi connectivity index (χ2v) is 9.87. The van der Waals surface area contributed by atoms with Gasteiger partial charge in [0.1, 0.15) is 5.60 Å². The number of aryl methyl sites for hydroxylation is 2. The Hall–Kier alpha value is -2.41. The number of nitrogens with zero attached hydrogens (tertiary/aromatic N) is 2. The predicted octanol–water partition coefficient (Wildman–Crippen LogP) is 3.70. The Bertz CT molecular complexity index is 997. The van der Waals surface area contributed by atoms with Crippen molar-refractivity contribution < 1.29 is 14.3 Å². The molecule has 7 heteroatoms. The van der Waals surface area contributed by atoms with Gasteiger partial charge in [0.15, 0.2) is 0 Å². The first-order valence-electron chi connectivity index (χ1n) is 10.7. The van der Waals surface area contributed by atoms with E-state index in [0.717, 1.165) is 48.7 Å². The second-order valence-electron chi connectivity index (χ2n) is 9.87. The van der Waals surface area contributed by atoms with E-state index in [2.05, 4.69) is 10.3 Å². The van der Waals surface area contributed by atoms with Crippen LogP contribution in [0.2, 0.25) is 0 Å². The normalized spacial score (nSPS) is 26.0. The summed E-state index contributed by atoms with van der Waals surface area (Å²) in [6.45, 7) is 8.64. The number of pyridine rings is 2. The molecule has 1 saturated carbocycles. The number of hydrogen-bond acceptors (Lipinski definition) is 5. The van der Waals surface area contributed by atoms with Gasteiger partial charge in [-0.05, 0) is 77.5 Å². The molecule has 0 unspecified atom stereocenters. The summed E-state index contributed by atoms with van der Waals surface area (Å²) < 4.78 is 13.5. The first kappa shape index (κ1) is 20.8. The van der Waals surface area contributed by atoms with Crippen molar-refractivity contribution >= 4 is 17.1 Å². The lowest BCUT2D eigenvalue weighted by Gasteiger charge is -2.53. The molecule has 30 heavy (non-hydrogen) atoms. The van der Waals surface area contributed by atoms with Crippen molar-refractivity contribution in [1.82, 2.24) is 14.9 Å². The van der Waals surface area contributed by atoms with Crippen LogP contribution in [-0.2, 0) is 16.0 Å². The lowest BCUT2D eigenvalue weighted by Crippen LogP contribution is -2.63. The number of fused-ring (bicyclic) bond motifs is 4. The number of nitrogens with one attached hydrogen (secondary N) is 1. The zero-order chi connectivity index (χ0) is 21.6. The largest absolute Gasteiger partial charge is 0.444 e. The minimum Gasteiger partial charge on any atom is -0.444 e. The molecule has 0 atom stereocenters. The van der Waals surface area contributed by atoms with E-state index in [4.69, 9.17) is 9.47 Å². The highest BCUT2D eigenvalue weighted by molar-refractivity contribution is 5.74. The van der Waals surface area contributed by atoms with Crippen LogP contribution in [0, 0.1) is 6.92 Å². The van der Waals surface area contributed by atoms with E-state index in [1.807, 2.05) is 44.5 Å². The average Bonchev–Trinajstić information content (AvgIpc) is 2.67. The fraction of sp³-hybridized carbons (Fsp3) is 0.609. The van der Waals surface area contributed by atoms with E-state index in [9.17, 15) is 9.59 Å². The Morgan fingerprint density at radius 3 is 2.63 bits per heavy atom. The molecule has 162 valence electrons. The lowest BCUT2D eigenvalue weighted by molar-refractivity contribution is -0.165. The molecule has 2 aromatic rings. The summed E-state index contributed by atoms with van der Waals surface area (Å²) in [5, 5.41) is 3.06. The zero-order valence-electron chi connectivity index (χ0n) is 18.3. The van der Waals surface area contributed by atoms with E-state index in [0.29, 0.717) is 13.2 Å². The number of amides is 1. The molecule has 3 aliphatic rings. The monoisotopic (exact) mass is 413 g/mol. The van der Waals surface area contributed by atoms with Gasteiger partial charge in [-0.15, -0.1) is 0 Å². The standard InChI is InChI=1S/C23H31N3O4/c1-16-13-18-17(24-14-16)5-6-19(27)26(18)12-11-23-9-7-22(8-10-23,15-29-23)25-20(28)30-21(2,3)4/h5-6,13-14H,7-12,15H2,1-4H3,(H,25,28). The molecule has 1 N–H and O–H groups in total. The molecule has 5 rings (SSSR count). The summed E-state index contributed by atoms with van der Waals surface area (Å²) in [5.74, 6) is 0. The van der Waals surface area contributed by atoms with E-state index in [1.54, 1.807) is 12.1 Å². The van der Waals surface area contributed by atoms with Crippen LogP contribution in [0.15, 0.2) is 29.2 Å². The maximum absolute atomic E-state index is 12.5. The minimum absolute atomic E-state index is 0.0149. The highest BCUT2D eigenvalue weighted by Gasteiger charge is 2.50. The fourth-order valence-electron chi connectivity index (χ4n) is 4.58. The first-order chi connectivity index (χ1) is 14.1. The average molecular weight is 414 g/mol. The molecule has 4 heterocycles. The number of alkyl carbamates (subject to hydrolysis) is 1. The van der Waals surface area contributed by atoms with Crippen molar-refractivity contribution in [2.45, 2.75) is 83.1 Å². The highest BCUT2D eigenvalue weighted by atomic mass is 16.6. The van der Waals surface area contributed by atoms with Crippen LogP contribution in [-0.4, -0.2) is 39.0 Å². The summed E-state index contributed by atoms with van der Waals surface area (Å²) in [4.78, 5) is 29.2. The number of ether oxygens (including phenoxy) is 2. The molecule has 2 saturated heterocycles. The summed E-state index contributed by atoms with van der Waals surface area (Å²) in [5.41, 5.74) is 1.60. The number of aromatic nitrogens is 2. The summed E-state index contributed by atoms with van der Waals surface area (Å²) in [6, 6.07) is 5.38. The quantitative estimate of drug-likeness (QED) is 0.826. The first-order valence-corrected chi connectivity index (χ1v) is 10.7. The van der Waals surface area contributed by atoms with Crippen molar-refractivity contribution in [3.63, 3.8) is 0 Å². The topological polar surface area (TPSA) is 82.5 Å². The van der Waals surface area contributed by atoms with Crippen molar-refractivity contribution in [2.75, 3.05) is 6.61 Å². The van der Waals surface area contributed by atoms with E-state index >= 15 is 0 Å². The third kappa shape index (κ3) is 4.21. The van der Waals surface area contributed by atoms with Gasteiger partial charge < -0.3 is 19.4 Å². The Morgan fingerprint density at radius 2 is 2.00 bits per heavy atom. The highest BCUT2D eigenvalue weighted by Crippen LogP contribution is 2.45. The van der Waals surface area contributed by atoms with Crippen LogP contribution in [0.25, 0.3) is 11.0 Å². The molecule has 1 amide bonds.